The summed E-state index contributed by atoms with van der Waals surface area (Å²) in [5.74, 6) is 0.680. The van der Waals surface area contributed by atoms with Crippen LogP contribution in [0, 0.1) is 5.92 Å². The molecule has 2 nitrogen and oxygen atoms in total. The first-order valence-corrected chi connectivity index (χ1v) is 7.39. The van der Waals surface area contributed by atoms with Crippen LogP contribution >= 0.6 is 11.8 Å². The highest BCUT2D eigenvalue weighted by molar-refractivity contribution is 7.98. The Morgan fingerprint density at radius 1 is 1.35 bits per heavy atom. The second-order valence-corrected chi connectivity index (χ2v) is 5.33. The highest BCUT2D eigenvalue weighted by Crippen LogP contribution is 2.23. The number of carbonyl (C=O) groups excluding carboxylic acids is 1. The number of rotatable bonds is 4. The molecule has 0 aliphatic carbocycles. The molecule has 0 bridgehead atoms. The molecule has 1 N–H and O–H groups in total. The average molecular weight is 249 g/mol. The number of nitrogens with one attached hydrogen (secondary N) is 1. The Morgan fingerprint density at radius 2 is 2.06 bits per heavy atom. The predicted molar refractivity (Wildman–Crippen MR) is 72.5 cm³/mol. The van der Waals surface area contributed by atoms with E-state index >= 15 is 0 Å². The lowest BCUT2D eigenvalue weighted by molar-refractivity contribution is -0.122. The molecule has 0 aromatic heterocycles. The molecule has 0 atom stereocenters. The van der Waals surface area contributed by atoms with Gasteiger partial charge in [0.2, 0.25) is 0 Å². The van der Waals surface area contributed by atoms with Crippen molar-refractivity contribution < 1.29 is 4.79 Å². The summed E-state index contributed by atoms with van der Waals surface area (Å²) in [7, 11) is 0. The molecule has 1 saturated heterocycles. The first-order valence-electron chi connectivity index (χ1n) is 6.16. The Balaban J connectivity index is 2.01. The van der Waals surface area contributed by atoms with Crippen LogP contribution in [-0.2, 0) is 11.2 Å². The molecular weight excluding hydrogens is 230 g/mol. The van der Waals surface area contributed by atoms with Gasteiger partial charge in [0.1, 0.15) is 5.78 Å². The molecule has 0 saturated carbocycles. The van der Waals surface area contributed by atoms with E-state index in [-0.39, 0.29) is 5.92 Å². The van der Waals surface area contributed by atoms with Crippen LogP contribution in [0.4, 0.5) is 0 Å². The predicted octanol–water partition coefficient (Wildman–Crippen LogP) is 2.52. The minimum Gasteiger partial charge on any atom is -0.317 e. The molecule has 0 spiro atoms. The zero-order valence-corrected chi connectivity index (χ0v) is 11.1. The molecule has 17 heavy (non-hydrogen) atoms. The van der Waals surface area contributed by atoms with Crippen LogP contribution in [0.1, 0.15) is 18.4 Å². The van der Waals surface area contributed by atoms with Crippen molar-refractivity contribution in [2.45, 2.75) is 24.2 Å². The van der Waals surface area contributed by atoms with Gasteiger partial charge in [-0.15, -0.1) is 11.8 Å². The maximum absolute atomic E-state index is 12.2. The van der Waals surface area contributed by atoms with Crippen molar-refractivity contribution in [2.24, 2.45) is 5.92 Å². The average Bonchev–Trinajstić information content (AvgIpc) is 2.40. The third-order valence-corrected chi connectivity index (χ3v) is 4.19. The highest BCUT2D eigenvalue weighted by atomic mass is 32.2. The van der Waals surface area contributed by atoms with Gasteiger partial charge in [0.25, 0.3) is 0 Å². The quantitative estimate of drug-likeness (QED) is 0.831. The van der Waals surface area contributed by atoms with Crippen LogP contribution < -0.4 is 5.32 Å². The second kappa shape index (κ2) is 6.22. The fourth-order valence-corrected chi connectivity index (χ4v) is 2.94. The summed E-state index contributed by atoms with van der Waals surface area (Å²) in [6, 6.07) is 8.22. The first-order chi connectivity index (χ1) is 8.31. The number of carbonyl (C=O) groups is 1. The smallest absolute Gasteiger partial charge is 0.140 e. The van der Waals surface area contributed by atoms with Gasteiger partial charge < -0.3 is 5.32 Å². The van der Waals surface area contributed by atoms with Crippen molar-refractivity contribution in [1.29, 1.82) is 0 Å². The van der Waals surface area contributed by atoms with E-state index in [4.69, 9.17) is 0 Å². The lowest BCUT2D eigenvalue weighted by Crippen LogP contribution is -2.32. The van der Waals surface area contributed by atoms with Crippen molar-refractivity contribution in [3.05, 3.63) is 29.8 Å². The Bertz CT molecular complexity index is 386. The normalized spacial score (nSPS) is 17.0. The lowest BCUT2D eigenvalue weighted by Gasteiger charge is -2.21. The molecule has 2 rings (SSSR count). The molecule has 1 aromatic carbocycles. The van der Waals surface area contributed by atoms with Crippen molar-refractivity contribution in [3.8, 4) is 0 Å². The molecule has 92 valence electrons. The summed E-state index contributed by atoms with van der Waals surface area (Å²) in [4.78, 5) is 13.4. The number of ketones is 1. The Labute approximate surface area is 107 Å². The molecule has 1 aliphatic rings. The Morgan fingerprint density at radius 3 is 2.76 bits per heavy atom. The first kappa shape index (κ1) is 12.7. The molecule has 1 heterocycles. The Kier molecular flexibility index (Phi) is 4.63. The third-order valence-electron chi connectivity index (χ3n) is 3.35. The summed E-state index contributed by atoms with van der Waals surface area (Å²) in [5.41, 5.74) is 1.18. The van der Waals surface area contributed by atoms with Crippen molar-refractivity contribution in [2.75, 3.05) is 19.3 Å². The molecular formula is C14H19NOS. The number of thioether (sulfide) groups is 1. The fourth-order valence-electron chi connectivity index (χ4n) is 2.32. The van der Waals surface area contributed by atoms with E-state index in [1.807, 2.05) is 12.1 Å². The molecule has 1 fully saturated rings. The van der Waals surface area contributed by atoms with Gasteiger partial charge in [0, 0.05) is 17.2 Å². The maximum atomic E-state index is 12.2. The van der Waals surface area contributed by atoms with Crippen LogP contribution in [0.3, 0.4) is 0 Å². The maximum Gasteiger partial charge on any atom is 0.140 e. The number of Topliss-reactive ketones (excluding diaryl/α,β-unsaturated/α-hetero) is 1. The van der Waals surface area contributed by atoms with E-state index in [1.54, 1.807) is 11.8 Å². The van der Waals surface area contributed by atoms with Gasteiger partial charge in [-0.1, -0.05) is 18.2 Å². The van der Waals surface area contributed by atoms with E-state index in [9.17, 15) is 4.79 Å². The summed E-state index contributed by atoms with van der Waals surface area (Å²) in [6.07, 6.45) is 4.66. The van der Waals surface area contributed by atoms with Crippen LogP contribution in [0.15, 0.2) is 29.2 Å². The topological polar surface area (TPSA) is 29.1 Å². The van der Waals surface area contributed by atoms with Crippen molar-refractivity contribution in [3.63, 3.8) is 0 Å². The van der Waals surface area contributed by atoms with E-state index in [0.717, 1.165) is 25.9 Å². The summed E-state index contributed by atoms with van der Waals surface area (Å²) >= 11 is 1.72. The van der Waals surface area contributed by atoms with Crippen LogP contribution in [-0.4, -0.2) is 25.1 Å². The van der Waals surface area contributed by atoms with E-state index in [0.29, 0.717) is 12.2 Å². The van der Waals surface area contributed by atoms with Gasteiger partial charge in [-0.3, -0.25) is 4.79 Å². The van der Waals surface area contributed by atoms with Gasteiger partial charge in [-0.25, -0.2) is 0 Å². The largest absolute Gasteiger partial charge is 0.317 e. The van der Waals surface area contributed by atoms with Crippen LogP contribution in [0.5, 0.6) is 0 Å². The fraction of sp³-hybridized carbons (Fsp3) is 0.500. The third kappa shape index (κ3) is 3.33. The van der Waals surface area contributed by atoms with Gasteiger partial charge in [0.15, 0.2) is 0 Å². The monoisotopic (exact) mass is 249 g/mol. The highest BCUT2D eigenvalue weighted by Gasteiger charge is 2.21. The number of hydrogen-bond donors (Lipinski definition) is 1. The second-order valence-electron chi connectivity index (χ2n) is 4.48. The molecule has 0 radical (unpaired) electrons. The van der Waals surface area contributed by atoms with Crippen molar-refractivity contribution in [1.82, 2.24) is 5.32 Å². The van der Waals surface area contributed by atoms with Crippen molar-refractivity contribution >= 4 is 17.5 Å². The number of piperidine rings is 1. The minimum absolute atomic E-state index is 0.270. The summed E-state index contributed by atoms with van der Waals surface area (Å²) in [6.45, 7) is 1.97. The zero-order valence-electron chi connectivity index (χ0n) is 10.2. The zero-order chi connectivity index (χ0) is 12.1. The van der Waals surface area contributed by atoms with Gasteiger partial charge in [0.05, 0.1) is 0 Å². The van der Waals surface area contributed by atoms with Crippen LogP contribution in [0.2, 0.25) is 0 Å². The number of hydrogen-bond acceptors (Lipinski definition) is 3. The molecule has 1 aromatic rings. The molecule has 0 amide bonds. The lowest BCUT2D eigenvalue weighted by atomic mass is 9.90. The van der Waals surface area contributed by atoms with E-state index < -0.39 is 0 Å². The summed E-state index contributed by atoms with van der Waals surface area (Å²) < 4.78 is 0. The van der Waals surface area contributed by atoms with E-state index in [1.165, 1.54) is 10.5 Å². The van der Waals surface area contributed by atoms with Gasteiger partial charge in [-0.2, -0.15) is 0 Å². The van der Waals surface area contributed by atoms with E-state index in [2.05, 4.69) is 23.7 Å². The summed E-state index contributed by atoms with van der Waals surface area (Å²) in [5, 5.41) is 3.30. The number of benzene rings is 1. The molecule has 1 aliphatic heterocycles. The standard InChI is InChI=1S/C14H19NOS/c1-17-14-5-3-2-4-12(14)10-13(16)11-6-8-15-9-7-11/h2-5,11,15H,6-10H2,1H3. The SMILES string of the molecule is CSc1ccccc1CC(=O)C1CCNCC1. The Hall–Kier alpha value is -0.800. The van der Waals surface area contributed by atoms with Gasteiger partial charge >= 0.3 is 0 Å². The molecule has 3 heteroatoms. The minimum atomic E-state index is 0.270. The van der Waals surface area contributed by atoms with Gasteiger partial charge in [-0.05, 0) is 43.8 Å². The van der Waals surface area contributed by atoms with Crippen LogP contribution in [0.25, 0.3) is 0 Å². The molecule has 0 unspecified atom stereocenters.